The lowest BCUT2D eigenvalue weighted by atomic mass is 9.72. The number of carbonyl (C=O) groups is 1. The van der Waals surface area contributed by atoms with Crippen LogP contribution in [0.5, 0.6) is 0 Å². The highest BCUT2D eigenvalue weighted by atomic mass is 16.1. The zero-order chi connectivity index (χ0) is 8.72. The van der Waals surface area contributed by atoms with Crippen molar-refractivity contribution in [1.82, 2.24) is 0 Å². The fourth-order valence-corrected chi connectivity index (χ4v) is 3.18. The van der Waals surface area contributed by atoms with E-state index in [-0.39, 0.29) is 0 Å². The van der Waals surface area contributed by atoms with E-state index in [1.807, 2.05) is 0 Å². The predicted molar refractivity (Wildman–Crippen MR) is 48.8 cm³/mol. The summed E-state index contributed by atoms with van der Waals surface area (Å²) in [5, 5.41) is 0. The quantitative estimate of drug-likeness (QED) is 0.540. The van der Waals surface area contributed by atoms with Crippen molar-refractivity contribution >= 4 is 5.78 Å². The van der Waals surface area contributed by atoms with Gasteiger partial charge >= 0.3 is 0 Å². The van der Waals surface area contributed by atoms with Gasteiger partial charge in [-0.25, -0.2) is 0 Å². The summed E-state index contributed by atoms with van der Waals surface area (Å²) < 4.78 is 0. The average molecular weight is 166 g/mol. The van der Waals surface area contributed by atoms with Gasteiger partial charge in [0.15, 0.2) is 0 Å². The second kappa shape index (κ2) is 2.86. The summed E-state index contributed by atoms with van der Waals surface area (Å²) in [7, 11) is 0. The van der Waals surface area contributed by atoms with E-state index in [2.05, 4.69) is 13.8 Å². The molecule has 1 nitrogen and oxygen atoms in total. The standard InChI is InChI=1S/C11H18O/c1-7-4-6-10(12)11-8(2)3-5-9(7)11/h7-9,11H,3-6H2,1-2H3/t7-,8-,9-,11-/m0/s1. The number of fused-ring (bicyclic) bond motifs is 1. The molecule has 0 spiro atoms. The second-order valence-corrected chi connectivity index (χ2v) is 4.73. The topological polar surface area (TPSA) is 17.1 Å². The van der Waals surface area contributed by atoms with E-state index in [9.17, 15) is 4.79 Å². The number of carbonyl (C=O) groups excluding carboxylic acids is 1. The highest BCUT2D eigenvalue weighted by Gasteiger charge is 2.43. The first-order chi connectivity index (χ1) is 5.70. The van der Waals surface area contributed by atoms with Gasteiger partial charge in [-0.1, -0.05) is 13.8 Å². The van der Waals surface area contributed by atoms with Crippen molar-refractivity contribution in [2.45, 2.75) is 39.5 Å². The number of ketones is 1. The molecule has 2 saturated carbocycles. The van der Waals surface area contributed by atoms with Crippen molar-refractivity contribution in [3.05, 3.63) is 0 Å². The summed E-state index contributed by atoms with van der Waals surface area (Å²) in [5.41, 5.74) is 0. The lowest BCUT2D eigenvalue weighted by molar-refractivity contribution is -0.128. The zero-order valence-corrected chi connectivity index (χ0v) is 8.05. The van der Waals surface area contributed by atoms with Crippen molar-refractivity contribution in [2.24, 2.45) is 23.7 Å². The Morgan fingerprint density at radius 2 is 1.83 bits per heavy atom. The highest BCUT2D eigenvalue weighted by molar-refractivity contribution is 5.82. The van der Waals surface area contributed by atoms with Crippen molar-refractivity contribution < 1.29 is 4.79 Å². The molecule has 1 heteroatoms. The number of Topliss-reactive ketones (excluding diaryl/α,β-unsaturated/α-hetero) is 1. The van der Waals surface area contributed by atoms with Crippen LogP contribution in [0.25, 0.3) is 0 Å². The summed E-state index contributed by atoms with van der Waals surface area (Å²) in [4.78, 5) is 11.6. The van der Waals surface area contributed by atoms with Crippen LogP contribution in [0.1, 0.15) is 39.5 Å². The minimum absolute atomic E-state index is 0.439. The molecule has 12 heavy (non-hydrogen) atoms. The van der Waals surface area contributed by atoms with Gasteiger partial charge in [-0.3, -0.25) is 4.79 Å². The molecule has 0 aromatic rings. The first kappa shape index (κ1) is 8.28. The van der Waals surface area contributed by atoms with Gasteiger partial charge in [-0.2, -0.15) is 0 Å². The average Bonchev–Trinajstić information content (AvgIpc) is 2.42. The minimum Gasteiger partial charge on any atom is -0.299 e. The van der Waals surface area contributed by atoms with E-state index in [4.69, 9.17) is 0 Å². The normalized spacial score (nSPS) is 47.7. The molecule has 0 unspecified atom stereocenters. The lowest BCUT2D eigenvalue weighted by Gasteiger charge is -2.31. The highest BCUT2D eigenvalue weighted by Crippen LogP contribution is 2.46. The van der Waals surface area contributed by atoms with E-state index >= 15 is 0 Å². The van der Waals surface area contributed by atoms with Crippen LogP contribution in [0.4, 0.5) is 0 Å². The van der Waals surface area contributed by atoms with Gasteiger partial charge in [0.05, 0.1) is 0 Å². The first-order valence-electron chi connectivity index (χ1n) is 5.23. The molecular formula is C11H18O. The summed E-state index contributed by atoms with van der Waals surface area (Å²) in [5.74, 6) is 3.21. The van der Waals surface area contributed by atoms with Gasteiger partial charge in [0.25, 0.3) is 0 Å². The van der Waals surface area contributed by atoms with Gasteiger partial charge < -0.3 is 0 Å². The van der Waals surface area contributed by atoms with Gasteiger partial charge in [0.2, 0.25) is 0 Å². The monoisotopic (exact) mass is 166 g/mol. The largest absolute Gasteiger partial charge is 0.299 e. The molecule has 0 heterocycles. The smallest absolute Gasteiger partial charge is 0.136 e. The molecular weight excluding hydrogens is 148 g/mol. The van der Waals surface area contributed by atoms with E-state index in [1.165, 1.54) is 12.8 Å². The third-order valence-electron chi connectivity index (χ3n) is 3.98. The van der Waals surface area contributed by atoms with Gasteiger partial charge in [-0.15, -0.1) is 0 Å². The Bertz CT molecular complexity index is 197. The molecule has 0 amide bonds. The summed E-state index contributed by atoms with van der Waals surface area (Å²) in [6.45, 7) is 4.57. The molecule has 68 valence electrons. The Labute approximate surface area is 74.5 Å². The first-order valence-corrected chi connectivity index (χ1v) is 5.23. The Balaban J connectivity index is 2.18. The molecule has 0 aromatic heterocycles. The molecule has 0 saturated heterocycles. The van der Waals surface area contributed by atoms with Crippen LogP contribution in [-0.4, -0.2) is 5.78 Å². The fourth-order valence-electron chi connectivity index (χ4n) is 3.18. The SMILES string of the molecule is C[C@H]1CCC(=O)[C@@H]2[C@H]1CC[C@@H]2C. The Morgan fingerprint density at radius 3 is 2.50 bits per heavy atom. The maximum Gasteiger partial charge on any atom is 0.136 e. The van der Waals surface area contributed by atoms with Crippen LogP contribution in [-0.2, 0) is 4.79 Å². The number of rotatable bonds is 0. The van der Waals surface area contributed by atoms with Crippen LogP contribution in [0, 0.1) is 23.7 Å². The van der Waals surface area contributed by atoms with Crippen LogP contribution in [0.3, 0.4) is 0 Å². The van der Waals surface area contributed by atoms with E-state index in [1.54, 1.807) is 0 Å². The van der Waals surface area contributed by atoms with Crippen LogP contribution in [0.15, 0.2) is 0 Å². The molecule has 2 aliphatic carbocycles. The molecule has 0 radical (unpaired) electrons. The number of hydrogen-bond donors (Lipinski definition) is 0. The lowest BCUT2D eigenvalue weighted by Crippen LogP contribution is -2.32. The van der Waals surface area contributed by atoms with Crippen molar-refractivity contribution in [2.75, 3.05) is 0 Å². The fraction of sp³-hybridized carbons (Fsp3) is 0.909. The third-order valence-corrected chi connectivity index (χ3v) is 3.98. The molecule has 0 aliphatic heterocycles. The van der Waals surface area contributed by atoms with Crippen molar-refractivity contribution in [1.29, 1.82) is 0 Å². The molecule has 2 fully saturated rings. The number of hydrogen-bond acceptors (Lipinski definition) is 1. The van der Waals surface area contributed by atoms with Gasteiger partial charge in [0.1, 0.15) is 5.78 Å². The Morgan fingerprint density at radius 1 is 1.08 bits per heavy atom. The van der Waals surface area contributed by atoms with Crippen LogP contribution in [0.2, 0.25) is 0 Å². The predicted octanol–water partition coefficient (Wildman–Crippen LogP) is 2.65. The van der Waals surface area contributed by atoms with Crippen LogP contribution >= 0.6 is 0 Å². The molecule has 0 N–H and O–H groups in total. The zero-order valence-electron chi connectivity index (χ0n) is 8.05. The summed E-state index contributed by atoms with van der Waals surface area (Å²) in [6.07, 6.45) is 4.59. The van der Waals surface area contributed by atoms with Crippen LogP contribution < -0.4 is 0 Å². The Kier molecular flexibility index (Phi) is 1.97. The molecule has 2 rings (SSSR count). The molecule has 0 aromatic carbocycles. The molecule has 0 bridgehead atoms. The summed E-state index contributed by atoms with van der Waals surface area (Å²) in [6, 6.07) is 0. The van der Waals surface area contributed by atoms with E-state index in [0.29, 0.717) is 17.6 Å². The van der Waals surface area contributed by atoms with Gasteiger partial charge in [-0.05, 0) is 37.0 Å². The Hall–Kier alpha value is -0.330. The maximum atomic E-state index is 11.6. The van der Waals surface area contributed by atoms with Gasteiger partial charge in [0, 0.05) is 12.3 Å². The maximum absolute atomic E-state index is 11.6. The van der Waals surface area contributed by atoms with E-state index in [0.717, 1.165) is 24.7 Å². The second-order valence-electron chi connectivity index (χ2n) is 4.73. The summed E-state index contributed by atoms with van der Waals surface area (Å²) >= 11 is 0. The molecule has 2 aliphatic rings. The van der Waals surface area contributed by atoms with E-state index < -0.39 is 0 Å². The van der Waals surface area contributed by atoms with Crippen molar-refractivity contribution in [3.8, 4) is 0 Å². The van der Waals surface area contributed by atoms with Crippen molar-refractivity contribution in [3.63, 3.8) is 0 Å². The molecule has 4 atom stereocenters. The third kappa shape index (κ3) is 1.10. The minimum atomic E-state index is 0.439.